The second kappa shape index (κ2) is 7.42. The molecule has 0 bridgehead atoms. The van der Waals surface area contributed by atoms with Crippen LogP contribution in [-0.4, -0.2) is 60.4 Å². The Morgan fingerprint density at radius 2 is 2.17 bits per heavy atom. The summed E-state index contributed by atoms with van der Waals surface area (Å²) >= 11 is 0. The summed E-state index contributed by atoms with van der Waals surface area (Å²) in [5.74, 6) is 0.717. The second-order valence-corrected chi connectivity index (χ2v) is 6.35. The summed E-state index contributed by atoms with van der Waals surface area (Å²) in [6.45, 7) is 4.23. The van der Waals surface area contributed by atoms with E-state index in [1.165, 1.54) is 9.80 Å². The molecule has 0 unspecified atom stereocenters. The van der Waals surface area contributed by atoms with E-state index in [4.69, 9.17) is 4.52 Å². The molecule has 0 radical (unpaired) electrons. The highest BCUT2D eigenvalue weighted by Crippen LogP contribution is 2.22. The van der Waals surface area contributed by atoms with Crippen molar-refractivity contribution in [2.24, 2.45) is 5.92 Å². The molecule has 0 spiro atoms. The molecule has 0 aliphatic carbocycles. The van der Waals surface area contributed by atoms with E-state index < -0.39 is 12.7 Å². The molecule has 24 heavy (non-hydrogen) atoms. The first-order valence-electron chi connectivity index (χ1n) is 7.85. The van der Waals surface area contributed by atoms with Crippen LogP contribution in [0.2, 0.25) is 0 Å². The fourth-order valence-electron chi connectivity index (χ4n) is 2.88. The molecule has 2 rings (SSSR count). The van der Waals surface area contributed by atoms with Crippen molar-refractivity contribution in [2.45, 2.75) is 33.0 Å². The highest BCUT2D eigenvalue weighted by Gasteiger charge is 2.34. The van der Waals surface area contributed by atoms with Gasteiger partial charge in [-0.15, -0.1) is 0 Å². The van der Waals surface area contributed by atoms with Gasteiger partial charge in [-0.05, 0) is 32.7 Å². The van der Waals surface area contributed by atoms with Gasteiger partial charge in [0.15, 0.2) is 0 Å². The monoisotopic (exact) mass is 348 g/mol. The maximum absolute atomic E-state index is 12.4. The number of urea groups is 1. The highest BCUT2D eigenvalue weighted by molar-refractivity contribution is 5.73. The standard InChI is InChI=1S/C15H23F3N4O2/c1-10-13(11(2)24-20-10)8-21(3)14(23)19-6-12-4-5-22(7-12)9-15(16,17)18/h12H,4-9H2,1-3H3,(H,19,23)/t12-/m0/s1. The van der Waals surface area contributed by atoms with Crippen molar-refractivity contribution in [3.8, 4) is 0 Å². The quantitative estimate of drug-likeness (QED) is 0.887. The molecule has 6 nitrogen and oxygen atoms in total. The predicted octanol–water partition coefficient (Wildman–Crippen LogP) is 2.32. The molecule has 1 aromatic rings. The molecular weight excluding hydrogens is 325 g/mol. The Morgan fingerprint density at radius 3 is 2.75 bits per heavy atom. The number of hydrogen-bond donors (Lipinski definition) is 1. The molecule has 1 N–H and O–H groups in total. The number of halogens is 3. The molecule has 0 aromatic carbocycles. The smallest absolute Gasteiger partial charge is 0.361 e. The van der Waals surface area contributed by atoms with Crippen LogP contribution in [-0.2, 0) is 6.54 Å². The summed E-state index contributed by atoms with van der Waals surface area (Å²) in [6, 6.07) is -0.260. The van der Waals surface area contributed by atoms with Gasteiger partial charge in [0.1, 0.15) is 5.76 Å². The first-order chi connectivity index (χ1) is 11.2. The maximum atomic E-state index is 12.4. The maximum Gasteiger partial charge on any atom is 0.401 e. The van der Waals surface area contributed by atoms with Crippen molar-refractivity contribution in [2.75, 3.05) is 33.2 Å². The van der Waals surface area contributed by atoms with Crippen LogP contribution in [0.5, 0.6) is 0 Å². The van der Waals surface area contributed by atoms with Crippen LogP contribution in [0.3, 0.4) is 0 Å². The third kappa shape index (κ3) is 5.12. The van der Waals surface area contributed by atoms with Crippen molar-refractivity contribution in [3.05, 3.63) is 17.0 Å². The van der Waals surface area contributed by atoms with Crippen LogP contribution in [0.4, 0.5) is 18.0 Å². The van der Waals surface area contributed by atoms with Crippen molar-refractivity contribution in [3.63, 3.8) is 0 Å². The number of aromatic nitrogens is 1. The SMILES string of the molecule is Cc1noc(C)c1CN(C)C(=O)NC[C@@H]1CCN(CC(F)(F)F)C1. The molecule has 136 valence electrons. The van der Waals surface area contributed by atoms with Gasteiger partial charge in [-0.1, -0.05) is 5.16 Å². The number of carbonyl (C=O) groups excluding carboxylic acids is 1. The number of rotatable bonds is 5. The summed E-state index contributed by atoms with van der Waals surface area (Å²) in [6.07, 6.45) is -3.52. The number of amides is 2. The summed E-state index contributed by atoms with van der Waals surface area (Å²) in [7, 11) is 1.66. The Morgan fingerprint density at radius 1 is 1.46 bits per heavy atom. The van der Waals surface area contributed by atoms with Crippen molar-refractivity contribution >= 4 is 6.03 Å². The lowest BCUT2D eigenvalue weighted by atomic mass is 10.1. The number of nitrogens with zero attached hydrogens (tertiary/aromatic N) is 3. The fraction of sp³-hybridized carbons (Fsp3) is 0.733. The molecule has 1 aromatic heterocycles. The van der Waals surface area contributed by atoms with E-state index in [0.29, 0.717) is 38.4 Å². The van der Waals surface area contributed by atoms with Crippen LogP contribution in [0.15, 0.2) is 4.52 Å². The van der Waals surface area contributed by atoms with E-state index in [2.05, 4.69) is 10.5 Å². The van der Waals surface area contributed by atoms with E-state index in [1.54, 1.807) is 14.0 Å². The average Bonchev–Trinajstić information content (AvgIpc) is 3.04. The number of likely N-dealkylation sites (tertiary alicyclic amines) is 1. The van der Waals surface area contributed by atoms with Crippen molar-refractivity contribution in [1.82, 2.24) is 20.3 Å². The van der Waals surface area contributed by atoms with Gasteiger partial charge in [0.25, 0.3) is 0 Å². The molecule has 1 aliphatic rings. The minimum atomic E-state index is -4.17. The minimum absolute atomic E-state index is 0.0452. The molecule has 1 aliphatic heterocycles. The van der Waals surface area contributed by atoms with Crippen LogP contribution in [0, 0.1) is 19.8 Å². The fourth-order valence-corrected chi connectivity index (χ4v) is 2.88. The molecule has 2 heterocycles. The predicted molar refractivity (Wildman–Crippen MR) is 81.4 cm³/mol. The van der Waals surface area contributed by atoms with Gasteiger partial charge in [-0.3, -0.25) is 4.90 Å². The van der Waals surface area contributed by atoms with Crippen LogP contribution < -0.4 is 5.32 Å². The topological polar surface area (TPSA) is 61.6 Å². The highest BCUT2D eigenvalue weighted by atomic mass is 19.4. The van der Waals surface area contributed by atoms with Gasteiger partial charge >= 0.3 is 12.2 Å². The van der Waals surface area contributed by atoms with Crippen molar-refractivity contribution in [1.29, 1.82) is 0 Å². The number of nitrogens with one attached hydrogen (secondary N) is 1. The molecular formula is C15H23F3N4O2. The zero-order chi connectivity index (χ0) is 17.9. The average molecular weight is 348 g/mol. The first kappa shape index (κ1) is 18.6. The Bertz CT molecular complexity index is 554. The van der Waals surface area contributed by atoms with Gasteiger partial charge in [0.2, 0.25) is 0 Å². The minimum Gasteiger partial charge on any atom is -0.361 e. The zero-order valence-electron chi connectivity index (χ0n) is 14.1. The molecule has 0 saturated carbocycles. The summed E-state index contributed by atoms with van der Waals surface area (Å²) in [4.78, 5) is 15.0. The first-order valence-corrected chi connectivity index (χ1v) is 7.85. The molecule has 9 heteroatoms. The number of alkyl halides is 3. The van der Waals surface area contributed by atoms with Gasteiger partial charge in [0, 0.05) is 25.7 Å². The zero-order valence-corrected chi connectivity index (χ0v) is 14.1. The lowest BCUT2D eigenvalue weighted by Crippen LogP contribution is -2.40. The van der Waals surface area contributed by atoms with E-state index in [0.717, 1.165) is 11.3 Å². The Hall–Kier alpha value is -1.77. The van der Waals surface area contributed by atoms with Crippen LogP contribution in [0.25, 0.3) is 0 Å². The van der Waals surface area contributed by atoms with Gasteiger partial charge in [-0.25, -0.2) is 4.79 Å². The van der Waals surface area contributed by atoms with E-state index in [1.807, 2.05) is 6.92 Å². The summed E-state index contributed by atoms with van der Waals surface area (Å²) in [5, 5.41) is 6.63. The van der Waals surface area contributed by atoms with Crippen LogP contribution >= 0.6 is 0 Å². The Labute approximate surface area is 138 Å². The van der Waals surface area contributed by atoms with Gasteiger partial charge < -0.3 is 14.7 Å². The van der Waals surface area contributed by atoms with Gasteiger partial charge in [0.05, 0.1) is 18.8 Å². The normalized spacial score (nSPS) is 18.8. The lowest BCUT2D eigenvalue weighted by Gasteiger charge is -2.20. The molecule has 1 saturated heterocycles. The Balaban J connectivity index is 1.75. The Kier molecular flexibility index (Phi) is 5.74. The largest absolute Gasteiger partial charge is 0.401 e. The lowest BCUT2D eigenvalue weighted by molar-refractivity contribution is -0.143. The van der Waals surface area contributed by atoms with Crippen LogP contribution in [0.1, 0.15) is 23.4 Å². The number of aryl methyl sites for hydroxylation is 2. The van der Waals surface area contributed by atoms with E-state index >= 15 is 0 Å². The third-order valence-corrected chi connectivity index (χ3v) is 4.24. The number of carbonyl (C=O) groups is 1. The molecule has 1 atom stereocenters. The van der Waals surface area contributed by atoms with Gasteiger partial charge in [-0.2, -0.15) is 13.2 Å². The molecule has 1 fully saturated rings. The second-order valence-electron chi connectivity index (χ2n) is 6.35. The summed E-state index contributed by atoms with van der Waals surface area (Å²) < 4.78 is 42.2. The van der Waals surface area contributed by atoms with E-state index in [9.17, 15) is 18.0 Å². The molecule has 2 amide bonds. The van der Waals surface area contributed by atoms with Crippen molar-refractivity contribution < 1.29 is 22.5 Å². The van der Waals surface area contributed by atoms with E-state index in [-0.39, 0.29) is 11.9 Å². The third-order valence-electron chi connectivity index (χ3n) is 4.24. The summed E-state index contributed by atoms with van der Waals surface area (Å²) in [5.41, 5.74) is 1.61. The number of hydrogen-bond acceptors (Lipinski definition) is 4.